The number of benzene rings is 1. The number of ketones is 1. The van der Waals surface area contributed by atoms with E-state index in [4.69, 9.17) is 18.9 Å². The van der Waals surface area contributed by atoms with Crippen LogP contribution in [-0.4, -0.2) is 44.5 Å². The minimum absolute atomic E-state index is 0.00694. The minimum Gasteiger partial charge on any atom is -0.494 e. The van der Waals surface area contributed by atoms with Gasteiger partial charge in [-0.1, -0.05) is 19.1 Å². The first-order chi connectivity index (χ1) is 14.7. The normalized spacial score (nSPS) is 16.2. The van der Waals surface area contributed by atoms with E-state index in [-0.39, 0.29) is 18.5 Å². The van der Waals surface area contributed by atoms with E-state index in [1.54, 1.807) is 6.92 Å². The van der Waals surface area contributed by atoms with Crippen LogP contribution in [0.1, 0.15) is 70.3 Å². The van der Waals surface area contributed by atoms with Crippen LogP contribution in [0.4, 0.5) is 0 Å². The molecule has 1 aliphatic rings. The van der Waals surface area contributed by atoms with Gasteiger partial charge in [-0.3, -0.25) is 9.59 Å². The maximum atomic E-state index is 11.4. The molecule has 1 aliphatic heterocycles. The number of hydrogen-bond acceptors (Lipinski definition) is 6. The molecule has 1 fully saturated rings. The van der Waals surface area contributed by atoms with Crippen LogP contribution >= 0.6 is 0 Å². The fraction of sp³-hybridized carbons (Fsp3) is 0.667. The van der Waals surface area contributed by atoms with E-state index in [0.717, 1.165) is 63.9 Å². The number of hydrogen-bond donors (Lipinski definition) is 0. The Kier molecular flexibility index (Phi) is 12.1. The number of rotatable bonds is 15. The maximum absolute atomic E-state index is 11.4. The predicted molar refractivity (Wildman–Crippen MR) is 115 cm³/mol. The SMILES string of the molecule is CCC(=O)CC(=O)OCCCCOc1ccc(CCCCOC2CCCCO2)cc1. The Hall–Kier alpha value is -1.92. The van der Waals surface area contributed by atoms with Crippen molar-refractivity contribution in [2.24, 2.45) is 0 Å². The standard InChI is InChI=1S/C24H36O6/c1-2-21(25)19-23(26)28-16-8-7-15-27-22-13-11-20(12-14-22)9-3-5-17-29-24-10-4-6-18-30-24/h11-14,24H,2-10,15-19H2,1H3. The first-order valence-electron chi connectivity index (χ1n) is 11.3. The summed E-state index contributed by atoms with van der Waals surface area (Å²) in [6, 6.07) is 8.20. The van der Waals surface area contributed by atoms with E-state index in [1.165, 1.54) is 12.0 Å². The predicted octanol–water partition coefficient (Wildman–Crippen LogP) is 4.62. The van der Waals surface area contributed by atoms with Crippen molar-refractivity contribution >= 4 is 11.8 Å². The molecule has 168 valence electrons. The topological polar surface area (TPSA) is 71.1 Å². The van der Waals surface area contributed by atoms with Crippen LogP contribution in [0.25, 0.3) is 0 Å². The molecule has 6 heteroatoms. The lowest BCUT2D eigenvalue weighted by atomic mass is 10.1. The quantitative estimate of drug-likeness (QED) is 0.234. The monoisotopic (exact) mass is 420 g/mol. The van der Waals surface area contributed by atoms with Crippen molar-refractivity contribution in [2.45, 2.75) is 77.4 Å². The van der Waals surface area contributed by atoms with E-state index in [2.05, 4.69) is 12.1 Å². The lowest BCUT2D eigenvalue weighted by Gasteiger charge is -2.22. The molecule has 0 aromatic heterocycles. The molecule has 0 saturated carbocycles. The summed E-state index contributed by atoms with van der Waals surface area (Å²) >= 11 is 0. The molecule has 1 aromatic carbocycles. The van der Waals surface area contributed by atoms with Gasteiger partial charge in [0.15, 0.2) is 6.29 Å². The zero-order valence-corrected chi connectivity index (χ0v) is 18.2. The molecule has 1 saturated heterocycles. The summed E-state index contributed by atoms with van der Waals surface area (Å²) < 4.78 is 22.1. The van der Waals surface area contributed by atoms with Gasteiger partial charge < -0.3 is 18.9 Å². The van der Waals surface area contributed by atoms with Crippen LogP contribution in [0.3, 0.4) is 0 Å². The molecule has 1 atom stereocenters. The molecule has 0 amide bonds. The van der Waals surface area contributed by atoms with Crippen molar-refractivity contribution in [3.63, 3.8) is 0 Å². The van der Waals surface area contributed by atoms with Crippen molar-refractivity contribution in [1.29, 1.82) is 0 Å². The smallest absolute Gasteiger partial charge is 0.313 e. The average molecular weight is 421 g/mol. The van der Waals surface area contributed by atoms with E-state index in [1.807, 2.05) is 12.1 Å². The molecular formula is C24H36O6. The largest absolute Gasteiger partial charge is 0.494 e. The lowest BCUT2D eigenvalue weighted by Crippen LogP contribution is -2.22. The van der Waals surface area contributed by atoms with Crippen molar-refractivity contribution in [2.75, 3.05) is 26.4 Å². The third-order valence-electron chi connectivity index (χ3n) is 5.03. The molecule has 0 bridgehead atoms. The van der Waals surface area contributed by atoms with E-state index in [0.29, 0.717) is 19.6 Å². The lowest BCUT2D eigenvalue weighted by molar-refractivity contribution is -0.162. The van der Waals surface area contributed by atoms with Crippen molar-refractivity contribution in [3.05, 3.63) is 29.8 Å². The molecule has 0 aliphatic carbocycles. The molecule has 0 radical (unpaired) electrons. The molecule has 0 spiro atoms. The number of unbranched alkanes of at least 4 members (excludes halogenated alkanes) is 2. The number of esters is 1. The van der Waals surface area contributed by atoms with Gasteiger partial charge in [0, 0.05) is 19.6 Å². The molecule has 30 heavy (non-hydrogen) atoms. The van der Waals surface area contributed by atoms with Gasteiger partial charge in [0.1, 0.15) is 18.0 Å². The highest BCUT2D eigenvalue weighted by Crippen LogP contribution is 2.16. The van der Waals surface area contributed by atoms with Crippen molar-refractivity contribution in [1.82, 2.24) is 0 Å². The zero-order chi connectivity index (χ0) is 21.4. The van der Waals surface area contributed by atoms with Gasteiger partial charge in [0.2, 0.25) is 0 Å². The Bertz CT molecular complexity index is 607. The Morgan fingerprint density at radius 1 is 1.00 bits per heavy atom. The second-order valence-electron chi connectivity index (χ2n) is 7.61. The van der Waals surface area contributed by atoms with Gasteiger partial charge in [-0.25, -0.2) is 0 Å². The highest BCUT2D eigenvalue weighted by Gasteiger charge is 2.13. The van der Waals surface area contributed by atoms with E-state index >= 15 is 0 Å². The fourth-order valence-electron chi connectivity index (χ4n) is 3.16. The number of carbonyl (C=O) groups excluding carboxylic acids is 2. The molecule has 1 aromatic rings. The molecule has 1 unspecified atom stereocenters. The summed E-state index contributed by atoms with van der Waals surface area (Å²) in [6.07, 6.45) is 8.29. The summed E-state index contributed by atoms with van der Waals surface area (Å²) in [7, 11) is 0. The molecular weight excluding hydrogens is 384 g/mol. The highest BCUT2D eigenvalue weighted by atomic mass is 16.7. The van der Waals surface area contributed by atoms with Crippen LogP contribution in [-0.2, 0) is 30.2 Å². The number of ether oxygens (including phenoxy) is 4. The summed E-state index contributed by atoms with van der Waals surface area (Å²) in [6.45, 7) is 4.23. The maximum Gasteiger partial charge on any atom is 0.313 e. The Morgan fingerprint density at radius 3 is 2.50 bits per heavy atom. The van der Waals surface area contributed by atoms with Crippen LogP contribution in [0, 0.1) is 0 Å². The van der Waals surface area contributed by atoms with Gasteiger partial charge in [0.25, 0.3) is 0 Å². The second kappa shape index (κ2) is 15.0. The van der Waals surface area contributed by atoms with Crippen LogP contribution < -0.4 is 4.74 Å². The first-order valence-corrected chi connectivity index (χ1v) is 11.3. The number of Topliss-reactive ketones (excluding diaryl/α,β-unsaturated/α-hetero) is 1. The van der Waals surface area contributed by atoms with Crippen molar-refractivity contribution < 1.29 is 28.5 Å². The van der Waals surface area contributed by atoms with Gasteiger partial charge in [-0.05, 0) is 69.1 Å². The third-order valence-corrected chi connectivity index (χ3v) is 5.03. The molecule has 6 nitrogen and oxygen atoms in total. The Balaban J connectivity index is 1.47. The number of carbonyl (C=O) groups is 2. The number of aryl methyl sites for hydroxylation is 1. The van der Waals surface area contributed by atoms with Gasteiger partial charge in [-0.2, -0.15) is 0 Å². The van der Waals surface area contributed by atoms with Crippen molar-refractivity contribution in [3.8, 4) is 5.75 Å². The Labute approximate surface area is 180 Å². The van der Waals surface area contributed by atoms with Gasteiger partial charge in [-0.15, -0.1) is 0 Å². The minimum atomic E-state index is -0.438. The second-order valence-corrected chi connectivity index (χ2v) is 7.61. The zero-order valence-electron chi connectivity index (χ0n) is 18.2. The van der Waals surface area contributed by atoms with E-state index < -0.39 is 5.97 Å². The first kappa shape index (κ1) is 24.4. The highest BCUT2D eigenvalue weighted by molar-refractivity contribution is 5.95. The van der Waals surface area contributed by atoms with Crippen LogP contribution in [0.5, 0.6) is 5.75 Å². The summed E-state index contributed by atoms with van der Waals surface area (Å²) in [5.41, 5.74) is 1.30. The third kappa shape index (κ3) is 10.7. The van der Waals surface area contributed by atoms with Crippen LogP contribution in [0.2, 0.25) is 0 Å². The van der Waals surface area contributed by atoms with Gasteiger partial charge >= 0.3 is 5.97 Å². The Morgan fingerprint density at radius 2 is 1.77 bits per heavy atom. The van der Waals surface area contributed by atoms with Gasteiger partial charge in [0.05, 0.1) is 13.2 Å². The molecule has 0 N–H and O–H groups in total. The average Bonchev–Trinajstić information content (AvgIpc) is 2.77. The molecule has 1 heterocycles. The summed E-state index contributed by atoms with van der Waals surface area (Å²) in [4.78, 5) is 22.6. The summed E-state index contributed by atoms with van der Waals surface area (Å²) in [5.74, 6) is 0.323. The summed E-state index contributed by atoms with van der Waals surface area (Å²) in [5, 5.41) is 0. The van der Waals surface area contributed by atoms with Crippen LogP contribution in [0.15, 0.2) is 24.3 Å². The van der Waals surface area contributed by atoms with E-state index in [9.17, 15) is 9.59 Å². The molecule has 2 rings (SSSR count). The fourth-order valence-corrected chi connectivity index (χ4v) is 3.16.